The monoisotopic (exact) mass is 363 g/mol. The Labute approximate surface area is 126 Å². The highest BCUT2D eigenvalue weighted by atomic mass is 79.9. The Balaban J connectivity index is 2.20. The number of hydrogen-bond acceptors (Lipinski definition) is 4. The van der Waals surface area contributed by atoms with Crippen LogP contribution in [0.25, 0.3) is 0 Å². The lowest BCUT2D eigenvalue weighted by Crippen LogP contribution is -2.41. The molecule has 104 valence electrons. The van der Waals surface area contributed by atoms with Crippen molar-refractivity contribution in [2.75, 3.05) is 0 Å². The molecular formula is C11H14BrN3O2S2. The first-order valence-corrected chi connectivity index (χ1v) is 8.51. The number of nitrogens with two attached hydrogens (primary N) is 1. The predicted molar refractivity (Wildman–Crippen MR) is 80.2 cm³/mol. The highest BCUT2D eigenvalue weighted by Crippen LogP contribution is 2.27. The van der Waals surface area contributed by atoms with Crippen molar-refractivity contribution >= 4 is 43.2 Å². The van der Waals surface area contributed by atoms with E-state index < -0.39 is 10.0 Å². The lowest BCUT2D eigenvalue weighted by Gasteiger charge is -2.19. The zero-order valence-corrected chi connectivity index (χ0v) is 13.3. The molecule has 0 aliphatic heterocycles. The van der Waals surface area contributed by atoms with Crippen LogP contribution in [0.5, 0.6) is 0 Å². The van der Waals surface area contributed by atoms with Crippen molar-refractivity contribution in [3.8, 4) is 0 Å². The molecule has 2 rings (SSSR count). The highest BCUT2D eigenvalue weighted by Gasteiger charge is 2.33. The van der Waals surface area contributed by atoms with E-state index in [1.807, 2.05) is 0 Å². The maximum atomic E-state index is 12.3. The van der Waals surface area contributed by atoms with Gasteiger partial charge in [0.05, 0.1) is 4.99 Å². The molecule has 0 radical (unpaired) electrons. The van der Waals surface area contributed by atoms with Crippen LogP contribution in [-0.4, -0.2) is 24.4 Å². The van der Waals surface area contributed by atoms with Gasteiger partial charge in [-0.05, 0) is 34.8 Å². The lowest BCUT2D eigenvalue weighted by atomic mass is 10.1. The van der Waals surface area contributed by atoms with Gasteiger partial charge in [0.1, 0.15) is 4.90 Å². The minimum Gasteiger partial charge on any atom is -0.393 e. The van der Waals surface area contributed by atoms with Gasteiger partial charge in [-0.2, -0.15) is 0 Å². The molecule has 3 N–H and O–H groups in total. The molecule has 1 saturated carbocycles. The van der Waals surface area contributed by atoms with Crippen molar-refractivity contribution in [2.24, 2.45) is 11.7 Å². The Morgan fingerprint density at radius 1 is 1.47 bits per heavy atom. The summed E-state index contributed by atoms with van der Waals surface area (Å²) in [5.74, 6) is -0.0649. The van der Waals surface area contributed by atoms with Gasteiger partial charge < -0.3 is 5.73 Å². The molecule has 1 heterocycles. The van der Waals surface area contributed by atoms with Gasteiger partial charge in [0.25, 0.3) is 0 Å². The van der Waals surface area contributed by atoms with Gasteiger partial charge >= 0.3 is 0 Å². The molecule has 8 heteroatoms. The van der Waals surface area contributed by atoms with Crippen molar-refractivity contribution in [1.29, 1.82) is 0 Å². The van der Waals surface area contributed by atoms with E-state index in [2.05, 4.69) is 25.6 Å². The van der Waals surface area contributed by atoms with Crippen LogP contribution in [0, 0.1) is 5.92 Å². The summed E-state index contributed by atoms with van der Waals surface area (Å²) < 4.78 is 27.8. The van der Waals surface area contributed by atoms with Crippen LogP contribution >= 0.6 is 28.1 Å². The first kappa shape index (κ1) is 14.8. The SMILES string of the molecule is NC(=S)C1CCCC1NS(=O)(=O)c1cncc(Br)c1. The van der Waals surface area contributed by atoms with Crippen LogP contribution in [0.1, 0.15) is 19.3 Å². The summed E-state index contributed by atoms with van der Waals surface area (Å²) in [4.78, 5) is 4.37. The quantitative estimate of drug-likeness (QED) is 0.793. The van der Waals surface area contributed by atoms with E-state index in [1.54, 1.807) is 0 Å². The van der Waals surface area contributed by atoms with Crippen molar-refractivity contribution < 1.29 is 8.42 Å². The van der Waals surface area contributed by atoms with E-state index in [4.69, 9.17) is 18.0 Å². The van der Waals surface area contributed by atoms with Crippen LogP contribution < -0.4 is 10.5 Å². The van der Waals surface area contributed by atoms with E-state index in [0.717, 1.165) is 19.3 Å². The molecule has 1 fully saturated rings. The summed E-state index contributed by atoms with van der Waals surface area (Å²) >= 11 is 8.19. The molecule has 19 heavy (non-hydrogen) atoms. The Morgan fingerprint density at radius 3 is 2.84 bits per heavy atom. The van der Waals surface area contributed by atoms with Crippen LogP contribution in [0.3, 0.4) is 0 Å². The van der Waals surface area contributed by atoms with Crippen molar-refractivity contribution in [3.63, 3.8) is 0 Å². The molecule has 1 aromatic heterocycles. The molecule has 2 unspecified atom stereocenters. The normalized spacial score (nSPS) is 23.4. The molecule has 0 aromatic carbocycles. The molecule has 2 atom stereocenters. The number of thiocarbonyl (C=S) groups is 1. The van der Waals surface area contributed by atoms with E-state index in [1.165, 1.54) is 18.5 Å². The average Bonchev–Trinajstić information content (AvgIpc) is 2.76. The molecule has 5 nitrogen and oxygen atoms in total. The second kappa shape index (κ2) is 5.82. The molecule has 1 aliphatic rings. The maximum Gasteiger partial charge on any atom is 0.242 e. The molecule has 0 amide bonds. The van der Waals surface area contributed by atoms with Crippen molar-refractivity contribution in [2.45, 2.75) is 30.2 Å². The largest absolute Gasteiger partial charge is 0.393 e. The maximum absolute atomic E-state index is 12.3. The molecule has 1 aliphatic carbocycles. The number of rotatable bonds is 4. The van der Waals surface area contributed by atoms with Crippen LogP contribution in [0.15, 0.2) is 27.8 Å². The molecule has 1 aromatic rings. The summed E-state index contributed by atoms with van der Waals surface area (Å²) in [6.07, 6.45) is 5.36. The van der Waals surface area contributed by atoms with Gasteiger partial charge in [-0.15, -0.1) is 0 Å². The number of pyridine rings is 1. The zero-order valence-electron chi connectivity index (χ0n) is 10.0. The smallest absolute Gasteiger partial charge is 0.242 e. The average molecular weight is 364 g/mol. The van der Waals surface area contributed by atoms with Gasteiger partial charge in [0.15, 0.2) is 0 Å². The van der Waals surface area contributed by atoms with Crippen LogP contribution in [0.4, 0.5) is 0 Å². The lowest BCUT2D eigenvalue weighted by molar-refractivity contribution is 0.524. The molecule has 0 saturated heterocycles. The second-order valence-electron chi connectivity index (χ2n) is 4.51. The Kier molecular flexibility index (Phi) is 4.54. The minimum absolute atomic E-state index is 0.0649. The summed E-state index contributed by atoms with van der Waals surface area (Å²) in [6.45, 7) is 0. The third-order valence-electron chi connectivity index (χ3n) is 3.18. The van der Waals surface area contributed by atoms with Gasteiger partial charge in [0, 0.05) is 28.8 Å². The summed E-state index contributed by atoms with van der Waals surface area (Å²) in [7, 11) is -3.59. The van der Waals surface area contributed by atoms with Crippen molar-refractivity contribution in [3.05, 3.63) is 22.9 Å². The number of halogens is 1. The third kappa shape index (κ3) is 3.50. The third-order valence-corrected chi connectivity index (χ3v) is 5.37. The molecule has 0 bridgehead atoms. The Hall–Kier alpha value is -0.570. The first-order valence-electron chi connectivity index (χ1n) is 5.82. The number of sulfonamides is 1. The predicted octanol–water partition coefficient (Wildman–Crippen LogP) is 1.58. The highest BCUT2D eigenvalue weighted by molar-refractivity contribution is 9.10. The Morgan fingerprint density at radius 2 is 2.21 bits per heavy atom. The van der Waals surface area contributed by atoms with E-state index in [9.17, 15) is 8.42 Å². The first-order chi connectivity index (χ1) is 8.90. The second-order valence-corrected chi connectivity index (χ2v) is 7.61. The topological polar surface area (TPSA) is 85.1 Å². The summed E-state index contributed by atoms with van der Waals surface area (Å²) in [5, 5.41) is 0. The van der Waals surface area contributed by atoms with Crippen LogP contribution in [0.2, 0.25) is 0 Å². The van der Waals surface area contributed by atoms with Crippen LogP contribution in [-0.2, 0) is 10.0 Å². The Bertz CT molecular complexity index is 591. The fourth-order valence-corrected chi connectivity index (χ4v) is 4.35. The fraction of sp³-hybridized carbons (Fsp3) is 0.455. The molecular weight excluding hydrogens is 350 g/mol. The standard InChI is InChI=1S/C11H14BrN3O2S2/c12-7-4-8(6-14-5-7)19(16,17)15-10-3-1-2-9(10)11(13)18/h4-6,9-10,15H,1-3H2,(H2,13,18). The van der Waals surface area contributed by atoms with Gasteiger partial charge in [-0.25, -0.2) is 13.1 Å². The van der Waals surface area contributed by atoms with Gasteiger partial charge in [-0.3, -0.25) is 4.98 Å². The van der Waals surface area contributed by atoms with E-state index in [-0.39, 0.29) is 16.9 Å². The van der Waals surface area contributed by atoms with E-state index in [0.29, 0.717) is 9.46 Å². The molecule has 0 spiro atoms. The minimum atomic E-state index is -3.59. The zero-order chi connectivity index (χ0) is 14.0. The number of nitrogens with one attached hydrogen (secondary N) is 1. The fourth-order valence-electron chi connectivity index (χ4n) is 2.25. The van der Waals surface area contributed by atoms with E-state index >= 15 is 0 Å². The van der Waals surface area contributed by atoms with Crippen molar-refractivity contribution in [1.82, 2.24) is 9.71 Å². The summed E-state index contributed by atoms with van der Waals surface area (Å²) in [5.41, 5.74) is 5.65. The van der Waals surface area contributed by atoms with Gasteiger partial charge in [0.2, 0.25) is 10.0 Å². The van der Waals surface area contributed by atoms with Gasteiger partial charge in [-0.1, -0.05) is 18.6 Å². The number of aromatic nitrogens is 1. The number of hydrogen-bond donors (Lipinski definition) is 2. The summed E-state index contributed by atoms with van der Waals surface area (Å²) in [6, 6.07) is 1.29. The number of nitrogens with zero attached hydrogens (tertiary/aromatic N) is 1.